The number of hydrogen-bond acceptors (Lipinski definition) is 5. The van der Waals surface area contributed by atoms with Crippen LogP contribution in [0.1, 0.15) is 12.8 Å². The Balaban J connectivity index is 0.00000176. The fraction of sp³-hybridized carbons (Fsp3) is 0.571. The van der Waals surface area contributed by atoms with Crippen molar-refractivity contribution in [3.63, 3.8) is 0 Å². The second kappa shape index (κ2) is 7.04. The Kier molecular flexibility index (Phi) is 5.55. The van der Waals surface area contributed by atoms with Crippen molar-refractivity contribution in [2.24, 2.45) is 5.92 Å². The number of ether oxygens (including phenoxy) is 2. The standard InChI is InChI=1S/C14H20N2O4S.ClH/c1-15-9-11-4-6-16(7-5-11)21(17,18)12-2-3-13-14(8-12)20-10-19-13;/h2-3,8,11,15H,4-7,9-10H2,1H3;1H. The Morgan fingerprint density at radius 2 is 1.91 bits per heavy atom. The monoisotopic (exact) mass is 348 g/mol. The molecule has 3 rings (SSSR count). The molecule has 2 heterocycles. The van der Waals surface area contributed by atoms with Gasteiger partial charge in [0.1, 0.15) is 0 Å². The molecule has 124 valence electrons. The third-order valence-electron chi connectivity index (χ3n) is 4.05. The second-order valence-electron chi connectivity index (χ2n) is 5.42. The third-order valence-corrected chi connectivity index (χ3v) is 5.94. The molecular formula is C14H21ClN2O4S. The van der Waals surface area contributed by atoms with Crippen LogP contribution in [0.3, 0.4) is 0 Å². The van der Waals surface area contributed by atoms with E-state index in [9.17, 15) is 8.42 Å². The van der Waals surface area contributed by atoms with Crippen molar-refractivity contribution < 1.29 is 17.9 Å². The van der Waals surface area contributed by atoms with Crippen LogP contribution in [-0.4, -0.2) is 46.2 Å². The molecule has 1 N–H and O–H groups in total. The van der Waals surface area contributed by atoms with E-state index in [1.54, 1.807) is 22.5 Å². The first-order chi connectivity index (χ1) is 10.1. The van der Waals surface area contributed by atoms with Crippen LogP contribution in [0.5, 0.6) is 11.5 Å². The first-order valence-corrected chi connectivity index (χ1v) is 8.59. The van der Waals surface area contributed by atoms with E-state index >= 15 is 0 Å². The number of rotatable bonds is 4. The van der Waals surface area contributed by atoms with Crippen LogP contribution in [0.15, 0.2) is 23.1 Å². The van der Waals surface area contributed by atoms with E-state index in [4.69, 9.17) is 9.47 Å². The van der Waals surface area contributed by atoms with E-state index in [0.717, 1.165) is 19.4 Å². The molecule has 1 fully saturated rings. The minimum atomic E-state index is -3.44. The Labute approximate surface area is 137 Å². The van der Waals surface area contributed by atoms with Crippen LogP contribution >= 0.6 is 12.4 Å². The number of benzene rings is 1. The minimum absolute atomic E-state index is 0. The van der Waals surface area contributed by atoms with Crippen molar-refractivity contribution >= 4 is 22.4 Å². The largest absolute Gasteiger partial charge is 0.454 e. The normalized spacial score (nSPS) is 19.0. The number of nitrogens with zero attached hydrogens (tertiary/aromatic N) is 1. The van der Waals surface area contributed by atoms with Gasteiger partial charge < -0.3 is 14.8 Å². The fourth-order valence-corrected chi connectivity index (χ4v) is 4.31. The number of hydrogen-bond donors (Lipinski definition) is 1. The lowest BCUT2D eigenvalue weighted by atomic mass is 9.98. The zero-order valence-corrected chi connectivity index (χ0v) is 14.1. The highest BCUT2D eigenvalue weighted by Crippen LogP contribution is 2.35. The van der Waals surface area contributed by atoms with Crippen molar-refractivity contribution in [3.8, 4) is 11.5 Å². The lowest BCUT2D eigenvalue weighted by Gasteiger charge is -2.31. The van der Waals surface area contributed by atoms with Gasteiger partial charge in [0.05, 0.1) is 4.90 Å². The molecule has 0 radical (unpaired) electrons. The zero-order valence-electron chi connectivity index (χ0n) is 12.4. The summed E-state index contributed by atoms with van der Waals surface area (Å²) in [6.45, 7) is 2.23. The first kappa shape index (κ1) is 17.3. The van der Waals surface area contributed by atoms with Crippen LogP contribution in [0.25, 0.3) is 0 Å². The summed E-state index contributed by atoms with van der Waals surface area (Å²) in [7, 11) is -1.52. The first-order valence-electron chi connectivity index (χ1n) is 7.15. The molecule has 6 nitrogen and oxygen atoms in total. The molecular weight excluding hydrogens is 328 g/mol. The van der Waals surface area contributed by atoms with Gasteiger partial charge in [-0.3, -0.25) is 0 Å². The van der Waals surface area contributed by atoms with Crippen molar-refractivity contribution in [2.45, 2.75) is 17.7 Å². The van der Waals surface area contributed by atoms with E-state index in [1.165, 1.54) is 0 Å². The summed E-state index contributed by atoms with van der Waals surface area (Å²) in [5, 5.41) is 3.15. The van der Waals surface area contributed by atoms with E-state index in [0.29, 0.717) is 30.5 Å². The van der Waals surface area contributed by atoms with Gasteiger partial charge in [0, 0.05) is 19.2 Å². The van der Waals surface area contributed by atoms with Gasteiger partial charge in [-0.25, -0.2) is 8.42 Å². The molecule has 0 aliphatic carbocycles. The Morgan fingerprint density at radius 1 is 1.23 bits per heavy atom. The lowest BCUT2D eigenvalue weighted by Crippen LogP contribution is -2.40. The molecule has 1 saturated heterocycles. The molecule has 1 aromatic rings. The van der Waals surface area contributed by atoms with Gasteiger partial charge in [0.15, 0.2) is 11.5 Å². The van der Waals surface area contributed by atoms with Crippen molar-refractivity contribution in [1.82, 2.24) is 9.62 Å². The predicted octanol–water partition coefficient (Wildman–Crippen LogP) is 1.46. The molecule has 0 atom stereocenters. The molecule has 0 saturated carbocycles. The third kappa shape index (κ3) is 3.32. The fourth-order valence-electron chi connectivity index (χ4n) is 2.83. The molecule has 0 unspecified atom stereocenters. The number of piperidine rings is 1. The van der Waals surface area contributed by atoms with Crippen molar-refractivity contribution in [1.29, 1.82) is 0 Å². The number of nitrogens with one attached hydrogen (secondary N) is 1. The Hall–Kier alpha value is -1.02. The summed E-state index contributed by atoms with van der Waals surface area (Å²) < 4.78 is 37.4. The quantitative estimate of drug-likeness (QED) is 0.892. The van der Waals surface area contributed by atoms with Gasteiger partial charge in [0.2, 0.25) is 16.8 Å². The van der Waals surface area contributed by atoms with Crippen LogP contribution in [0.4, 0.5) is 0 Å². The number of halogens is 1. The Bertz CT molecular complexity index is 615. The van der Waals surface area contributed by atoms with E-state index in [1.807, 2.05) is 7.05 Å². The lowest BCUT2D eigenvalue weighted by molar-refractivity contribution is 0.174. The highest BCUT2D eigenvalue weighted by Gasteiger charge is 2.30. The topological polar surface area (TPSA) is 67.9 Å². The van der Waals surface area contributed by atoms with Crippen LogP contribution in [-0.2, 0) is 10.0 Å². The average Bonchev–Trinajstić information content (AvgIpc) is 2.95. The van der Waals surface area contributed by atoms with Crippen molar-refractivity contribution in [3.05, 3.63) is 18.2 Å². The van der Waals surface area contributed by atoms with Gasteiger partial charge in [-0.05, 0) is 44.5 Å². The van der Waals surface area contributed by atoms with Crippen LogP contribution in [0, 0.1) is 5.92 Å². The zero-order chi connectivity index (χ0) is 14.9. The predicted molar refractivity (Wildman–Crippen MR) is 85.2 cm³/mol. The molecule has 1 aromatic carbocycles. The highest BCUT2D eigenvalue weighted by molar-refractivity contribution is 7.89. The number of sulfonamides is 1. The second-order valence-corrected chi connectivity index (χ2v) is 7.36. The molecule has 2 aliphatic rings. The molecule has 8 heteroatoms. The van der Waals surface area contributed by atoms with Crippen LogP contribution in [0.2, 0.25) is 0 Å². The Morgan fingerprint density at radius 3 is 2.59 bits per heavy atom. The highest BCUT2D eigenvalue weighted by atomic mass is 35.5. The molecule has 22 heavy (non-hydrogen) atoms. The van der Waals surface area contributed by atoms with E-state index < -0.39 is 10.0 Å². The summed E-state index contributed by atoms with van der Waals surface area (Å²) in [5.74, 6) is 1.65. The molecule has 0 aromatic heterocycles. The smallest absolute Gasteiger partial charge is 0.243 e. The molecule has 0 amide bonds. The van der Waals surface area contributed by atoms with Gasteiger partial charge in [-0.2, -0.15) is 4.31 Å². The summed E-state index contributed by atoms with van der Waals surface area (Å²) in [4.78, 5) is 0.277. The number of fused-ring (bicyclic) bond motifs is 1. The van der Waals surface area contributed by atoms with Crippen LogP contribution < -0.4 is 14.8 Å². The maximum atomic E-state index is 12.7. The van der Waals surface area contributed by atoms with E-state index in [2.05, 4.69) is 5.32 Å². The SMILES string of the molecule is CNCC1CCN(S(=O)(=O)c2ccc3c(c2)OCO3)CC1.Cl. The summed E-state index contributed by atoms with van der Waals surface area (Å²) in [6, 6.07) is 4.79. The summed E-state index contributed by atoms with van der Waals surface area (Å²) in [5.41, 5.74) is 0. The minimum Gasteiger partial charge on any atom is -0.454 e. The van der Waals surface area contributed by atoms with Gasteiger partial charge >= 0.3 is 0 Å². The maximum Gasteiger partial charge on any atom is 0.243 e. The van der Waals surface area contributed by atoms with Gasteiger partial charge in [0.25, 0.3) is 0 Å². The summed E-state index contributed by atoms with van der Waals surface area (Å²) in [6.07, 6.45) is 1.79. The maximum absolute atomic E-state index is 12.7. The average molecular weight is 349 g/mol. The van der Waals surface area contributed by atoms with Gasteiger partial charge in [-0.15, -0.1) is 12.4 Å². The van der Waals surface area contributed by atoms with Crippen molar-refractivity contribution in [2.75, 3.05) is 33.5 Å². The molecule has 0 bridgehead atoms. The van der Waals surface area contributed by atoms with Gasteiger partial charge in [-0.1, -0.05) is 0 Å². The van der Waals surface area contributed by atoms with E-state index in [-0.39, 0.29) is 24.1 Å². The molecule has 0 spiro atoms. The molecule has 2 aliphatic heterocycles. The summed E-state index contributed by atoms with van der Waals surface area (Å²) >= 11 is 0.